The fourth-order valence-electron chi connectivity index (χ4n) is 5.86. The van der Waals surface area contributed by atoms with Gasteiger partial charge >= 0.3 is 5.97 Å². The summed E-state index contributed by atoms with van der Waals surface area (Å²) in [5.41, 5.74) is 2.98. The Morgan fingerprint density at radius 1 is 1.21 bits per heavy atom. The molecular weight excluding hydrogens is 500 g/mol. The lowest BCUT2D eigenvalue weighted by atomic mass is 9.72. The van der Waals surface area contributed by atoms with Crippen molar-refractivity contribution in [1.29, 1.82) is 0 Å². The van der Waals surface area contributed by atoms with Crippen molar-refractivity contribution in [2.24, 2.45) is 5.41 Å². The van der Waals surface area contributed by atoms with E-state index < -0.39 is 24.0 Å². The standard InChI is InChI=1S/C15H20F2N2.C13H14F2N2O2/c1-4-6-13-11(5-2)12-7-10(3)19(9-15(16)17)8-14(12)18-13;14-9-1-10(15)3-11(2-9)17-7-13(8-17)5-16(6-13)4-12(18)19/h4-6,10,15,18H,1,7-9H2,2-3H3;1-3H,4-8H2,(H,18,19)/b11-5-,13-6+;. The molecule has 38 heavy (non-hydrogen) atoms. The number of carbonyl (C=O) groups is 1. The number of carboxylic acid groups (broad SMARTS) is 1. The van der Waals surface area contributed by atoms with E-state index in [0.29, 0.717) is 12.2 Å². The average Bonchev–Trinajstić information content (AvgIpc) is 3.10. The maximum Gasteiger partial charge on any atom is 0.317 e. The Hall–Kier alpha value is -3.11. The number of alkyl halides is 2. The number of likely N-dealkylation sites (tertiary alicyclic amines) is 1. The summed E-state index contributed by atoms with van der Waals surface area (Å²) in [4.78, 5) is 19.5. The zero-order valence-electron chi connectivity index (χ0n) is 21.7. The van der Waals surface area contributed by atoms with Crippen molar-refractivity contribution < 1.29 is 27.5 Å². The summed E-state index contributed by atoms with van der Waals surface area (Å²) in [6.07, 6.45) is 4.26. The number of nitrogens with zero attached hydrogens (tertiary/aromatic N) is 3. The number of carboxylic acids is 1. The van der Waals surface area contributed by atoms with Crippen LogP contribution in [-0.2, 0) is 17.8 Å². The van der Waals surface area contributed by atoms with Crippen molar-refractivity contribution in [3.8, 4) is 0 Å². The SMILES string of the molecule is C=C/C=c1/[nH]c2c(/c1=C/C)CC(C)N(CC(F)F)C2.O=C(O)CN1CC2(C1)CN(c1cc(F)cc(F)c1)C2. The van der Waals surface area contributed by atoms with E-state index >= 15 is 0 Å². The molecule has 1 spiro atoms. The number of allylic oxidation sites excluding steroid dienone is 1. The van der Waals surface area contributed by atoms with E-state index in [1.807, 2.05) is 34.6 Å². The van der Waals surface area contributed by atoms with Crippen molar-refractivity contribution >= 4 is 23.8 Å². The molecule has 10 heteroatoms. The topological polar surface area (TPSA) is 62.8 Å². The number of hydrogen-bond acceptors (Lipinski definition) is 4. The number of nitrogens with one attached hydrogen (secondary N) is 1. The number of fused-ring (bicyclic) bond motifs is 1. The van der Waals surface area contributed by atoms with E-state index in [9.17, 15) is 22.4 Å². The molecule has 2 aromatic rings. The Labute approximate surface area is 219 Å². The van der Waals surface area contributed by atoms with Gasteiger partial charge in [0.05, 0.1) is 13.1 Å². The van der Waals surface area contributed by atoms with Crippen LogP contribution in [0.4, 0.5) is 23.2 Å². The number of aromatic nitrogens is 1. The minimum absolute atomic E-state index is 0.0658. The predicted octanol–water partition coefficient (Wildman–Crippen LogP) is 2.96. The maximum atomic E-state index is 13.1. The molecule has 2 N–H and O–H groups in total. The molecule has 1 aromatic heterocycles. The van der Waals surface area contributed by atoms with Crippen LogP contribution < -0.4 is 15.5 Å². The lowest BCUT2D eigenvalue weighted by Gasteiger charge is -2.60. The van der Waals surface area contributed by atoms with Crippen LogP contribution >= 0.6 is 0 Å². The van der Waals surface area contributed by atoms with Gasteiger partial charge in [-0.3, -0.25) is 14.6 Å². The fourth-order valence-corrected chi connectivity index (χ4v) is 5.86. The van der Waals surface area contributed by atoms with Gasteiger partial charge in [-0.05, 0) is 49.3 Å². The van der Waals surface area contributed by atoms with E-state index in [1.54, 1.807) is 6.08 Å². The molecule has 3 aliphatic heterocycles. The van der Waals surface area contributed by atoms with Crippen LogP contribution in [0.25, 0.3) is 12.2 Å². The van der Waals surface area contributed by atoms with Gasteiger partial charge in [0.25, 0.3) is 6.43 Å². The molecule has 0 saturated carbocycles. The molecule has 3 aliphatic rings. The van der Waals surface area contributed by atoms with E-state index in [-0.39, 0.29) is 24.5 Å². The van der Waals surface area contributed by atoms with Gasteiger partial charge in [0, 0.05) is 67.0 Å². The van der Waals surface area contributed by atoms with Gasteiger partial charge in [-0.2, -0.15) is 0 Å². The largest absolute Gasteiger partial charge is 0.480 e. The number of benzene rings is 1. The summed E-state index contributed by atoms with van der Waals surface area (Å²) >= 11 is 0. The van der Waals surface area contributed by atoms with Gasteiger partial charge < -0.3 is 15.0 Å². The molecule has 206 valence electrons. The smallest absolute Gasteiger partial charge is 0.317 e. The molecule has 1 unspecified atom stereocenters. The van der Waals surface area contributed by atoms with E-state index in [0.717, 1.165) is 49.7 Å². The highest BCUT2D eigenvalue weighted by Crippen LogP contribution is 2.41. The summed E-state index contributed by atoms with van der Waals surface area (Å²) in [6.45, 7) is 11.1. The van der Waals surface area contributed by atoms with Gasteiger partial charge in [0.1, 0.15) is 11.6 Å². The van der Waals surface area contributed by atoms with Crippen LogP contribution in [0.3, 0.4) is 0 Å². The highest BCUT2D eigenvalue weighted by Gasteiger charge is 2.52. The summed E-state index contributed by atoms with van der Waals surface area (Å²) in [5.74, 6) is -1.97. The molecule has 2 saturated heterocycles. The molecule has 0 amide bonds. The zero-order valence-corrected chi connectivity index (χ0v) is 21.7. The van der Waals surface area contributed by atoms with Crippen molar-refractivity contribution in [2.45, 2.75) is 39.3 Å². The summed E-state index contributed by atoms with van der Waals surface area (Å²) in [6, 6.07) is 3.65. The molecule has 1 atom stereocenters. The Balaban J connectivity index is 0.000000177. The van der Waals surface area contributed by atoms with Crippen molar-refractivity contribution in [3.63, 3.8) is 0 Å². The number of aliphatic carboxylic acids is 1. The zero-order chi connectivity index (χ0) is 27.6. The minimum atomic E-state index is -2.28. The van der Waals surface area contributed by atoms with E-state index in [1.165, 1.54) is 22.9 Å². The lowest BCUT2D eigenvalue weighted by Crippen LogP contribution is -2.72. The van der Waals surface area contributed by atoms with E-state index in [2.05, 4.69) is 17.6 Å². The average molecular weight is 535 g/mol. The second kappa shape index (κ2) is 11.3. The second-order valence-corrected chi connectivity index (χ2v) is 10.5. The van der Waals surface area contributed by atoms with Crippen molar-refractivity contribution in [1.82, 2.24) is 14.8 Å². The number of H-pyrrole nitrogens is 1. The first-order chi connectivity index (χ1) is 18.0. The van der Waals surface area contributed by atoms with Crippen LogP contribution in [0, 0.1) is 17.0 Å². The summed E-state index contributed by atoms with van der Waals surface area (Å²) in [5, 5.41) is 10.9. The van der Waals surface area contributed by atoms with Crippen LogP contribution in [0.1, 0.15) is 25.1 Å². The Kier molecular flexibility index (Phi) is 8.32. The Morgan fingerprint density at radius 3 is 2.42 bits per heavy atom. The quantitative estimate of drug-likeness (QED) is 0.559. The number of aromatic amines is 1. The monoisotopic (exact) mass is 534 g/mol. The molecule has 0 radical (unpaired) electrons. The number of hydrogen-bond donors (Lipinski definition) is 2. The second-order valence-electron chi connectivity index (χ2n) is 10.5. The van der Waals surface area contributed by atoms with Crippen LogP contribution in [0.5, 0.6) is 0 Å². The first kappa shape index (κ1) is 27.9. The fraction of sp³-hybridized carbons (Fsp3) is 0.464. The highest BCUT2D eigenvalue weighted by molar-refractivity contribution is 5.69. The van der Waals surface area contributed by atoms with Crippen LogP contribution in [0.15, 0.2) is 30.9 Å². The Morgan fingerprint density at radius 2 is 1.87 bits per heavy atom. The first-order valence-electron chi connectivity index (χ1n) is 12.7. The molecule has 2 fully saturated rings. The molecule has 5 rings (SSSR count). The van der Waals surface area contributed by atoms with Gasteiger partial charge in [0.2, 0.25) is 0 Å². The molecule has 1 aromatic carbocycles. The third-order valence-electron chi connectivity index (χ3n) is 7.44. The minimum Gasteiger partial charge on any atom is -0.480 e. The van der Waals surface area contributed by atoms with Gasteiger partial charge in [0.15, 0.2) is 0 Å². The van der Waals surface area contributed by atoms with Crippen molar-refractivity contribution in [2.75, 3.05) is 44.2 Å². The molecule has 4 heterocycles. The first-order valence-corrected chi connectivity index (χ1v) is 12.7. The molecule has 6 nitrogen and oxygen atoms in total. The van der Waals surface area contributed by atoms with Gasteiger partial charge in [-0.25, -0.2) is 17.6 Å². The van der Waals surface area contributed by atoms with Crippen molar-refractivity contribution in [3.05, 3.63) is 64.3 Å². The lowest BCUT2D eigenvalue weighted by molar-refractivity contribution is -0.142. The summed E-state index contributed by atoms with van der Waals surface area (Å²) in [7, 11) is 0. The third-order valence-corrected chi connectivity index (χ3v) is 7.44. The highest BCUT2D eigenvalue weighted by atomic mass is 19.3. The maximum absolute atomic E-state index is 13.1. The van der Waals surface area contributed by atoms with Crippen LogP contribution in [0.2, 0.25) is 0 Å². The number of rotatable bonds is 6. The number of halogens is 4. The summed E-state index contributed by atoms with van der Waals surface area (Å²) < 4.78 is 51.3. The number of anilines is 1. The molecular formula is C28H34F4N4O2. The van der Waals surface area contributed by atoms with Crippen LogP contribution in [-0.4, -0.2) is 77.6 Å². The predicted molar refractivity (Wildman–Crippen MR) is 140 cm³/mol. The Bertz CT molecular complexity index is 1270. The van der Waals surface area contributed by atoms with Gasteiger partial charge in [-0.15, -0.1) is 0 Å². The normalized spacial score (nSPS) is 21.6. The van der Waals surface area contributed by atoms with E-state index in [4.69, 9.17) is 5.11 Å². The third kappa shape index (κ3) is 6.13. The van der Waals surface area contributed by atoms with Gasteiger partial charge in [-0.1, -0.05) is 18.7 Å². The molecule has 0 aliphatic carbocycles. The molecule has 0 bridgehead atoms.